The number of nitriles is 1. The van der Waals surface area contributed by atoms with Crippen LogP contribution in [0.3, 0.4) is 0 Å². The quantitative estimate of drug-likeness (QED) is 0.850. The van der Waals surface area contributed by atoms with Crippen LogP contribution in [-0.4, -0.2) is 23.6 Å². The summed E-state index contributed by atoms with van der Waals surface area (Å²) in [7, 11) is -3.71. The molecule has 0 radical (unpaired) electrons. The molecular weight excluding hydrogens is 254 g/mol. The highest BCUT2D eigenvalue weighted by Gasteiger charge is 2.18. The maximum absolute atomic E-state index is 12.0. The summed E-state index contributed by atoms with van der Waals surface area (Å²) < 4.78 is 26.2. The van der Waals surface area contributed by atoms with Gasteiger partial charge in [-0.25, -0.2) is 13.4 Å². The standard InChI is InChI=1S/C10H9N5O2S/c1-7-9(6-13-14-7)18(16,17)15-10-3-2-8(4-11)5-12-10/h2-3,5-6H,1H3,(H,12,15)(H,13,14). The van der Waals surface area contributed by atoms with E-state index in [1.54, 1.807) is 6.92 Å². The number of H-pyrrole nitrogens is 1. The van der Waals surface area contributed by atoms with Gasteiger partial charge >= 0.3 is 0 Å². The molecule has 18 heavy (non-hydrogen) atoms. The van der Waals surface area contributed by atoms with Gasteiger partial charge in [0.25, 0.3) is 10.0 Å². The van der Waals surface area contributed by atoms with Gasteiger partial charge in [-0.05, 0) is 19.1 Å². The molecule has 0 saturated heterocycles. The van der Waals surface area contributed by atoms with Crippen molar-refractivity contribution >= 4 is 15.8 Å². The Kier molecular flexibility index (Phi) is 2.99. The zero-order valence-corrected chi connectivity index (χ0v) is 10.2. The lowest BCUT2D eigenvalue weighted by Gasteiger charge is -2.05. The van der Waals surface area contributed by atoms with Gasteiger partial charge in [-0.2, -0.15) is 10.4 Å². The largest absolute Gasteiger partial charge is 0.281 e. The van der Waals surface area contributed by atoms with E-state index in [2.05, 4.69) is 19.9 Å². The number of sulfonamides is 1. The molecule has 0 amide bonds. The van der Waals surface area contributed by atoms with Gasteiger partial charge < -0.3 is 0 Å². The number of aromatic amines is 1. The second-order valence-corrected chi connectivity index (χ2v) is 5.16. The highest BCUT2D eigenvalue weighted by Crippen LogP contribution is 2.15. The van der Waals surface area contributed by atoms with Gasteiger partial charge in [0.15, 0.2) is 0 Å². The van der Waals surface area contributed by atoms with Crippen LogP contribution >= 0.6 is 0 Å². The molecule has 0 aromatic carbocycles. The van der Waals surface area contributed by atoms with Crippen LogP contribution in [0.5, 0.6) is 0 Å². The minimum Gasteiger partial charge on any atom is -0.281 e. The Morgan fingerprint density at radius 3 is 2.67 bits per heavy atom. The maximum atomic E-state index is 12.0. The molecule has 0 aliphatic rings. The van der Waals surface area contributed by atoms with Gasteiger partial charge in [0.1, 0.15) is 16.8 Å². The van der Waals surface area contributed by atoms with E-state index < -0.39 is 10.0 Å². The van der Waals surface area contributed by atoms with E-state index in [9.17, 15) is 8.42 Å². The lowest BCUT2D eigenvalue weighted by molar-refractivity contribution is 0.600. The van der Waals surface area contributed by atoms with E-state index in [1.807, 2.05) is 6.07 Å². The molecule has 0 fully saturated rings. The first-order chi connectivity index (χ1) is 8.53. The van der Waals surface area contributed by atoms with Crippen LogP contribution in [0.15, 0.2) is 29.4 Å². The highest BCUT2D eigenvalue weighted by molar-refractivity contribution is 7.92. The zero-order valence-electron chi connectivity index (χ0n) is 9.38. The van der Waals surface area contributed by atoms with Crippen molar-refractivity contribution in [2.24, 2.45) is 0 Å². The Bertz CT molecular complexity index is 697. The Morgan fingerprint density at radius 2 is 2.17 bits per heavy atom. The molecular formula is C10H9N5O2S. The van der Waals surface area contributed by atoms with Gasteiger partial charge in [-0.15, -0.1) is 0 Å². The third-order valence-electron chi connectivity index (χ3n) is 2.20. The molecule has 0 spiro atoms. The fourth-order valence-corrected chi connectivity index (χ4v) is 2.47. The van der Waals surface area contributed by atoms with E-state index >= 15 is 0 Å². The topological polar surface area (TPSA) is 112 Å². The van der Waals surface area contributed by atoms with Crippen molar-refractivity contribution in [3.63, 3.8) is 0 Å². The van der Waals surface area contributed by atoms with Crippen LogP contribution in [-0.2, 0) is 10.0 Å². The fraction of sp³-hybridized carbons (Fsp3) is 0.100. The number of hydrogen-bond donors (Lipinski definition) is 2. The van der Waals surface area contributed by atoms with E-state index in [-0.39, 0.29) is 10.7 Å². The summed E-state index contributed by atoms with van der Waals surface area (Å²) in [6, 6.07) is 4.80. The van der Waals surface area contributed by atoms with Gasteiger partial charge in [-0.1, -0.05) is 0 Å². The second kappa shape index (κ2) is 4.46. The van der Waals surface area contributed by atoms with Gasteiger partial charge in [0, 0.05) is 6.20 Å². The van der Waals surface area contributed by atoms with E-state index in [4.69, 9.17) is 5.26 Å². The number of hydrogen-bond acceptors (Lipinski definition) is 5. The number of nitrogens with one attached hydrogen (secondary N) is 2. The van der Waals surface area contributed by atoms with Crippen molar-refractivity contribution in [1.82, 2.24) is 15.2 Å². The van der Waals surface area contributed by atoms with Crippen molar-refractivity contribution < 1.29 is 8.42 Å². The molecule has 2 rings (SSSR count). The van der Waals surface area contributed by atoms with E-state index in [0.717, 1.165) is 0 Å². The zero-order chi connectivity index (χ0) is 13.2. The molecule has 7 nitrogen and oxygen atoms in total. The summed E-state index contributed by atoms with van der Waals surface area (Å²) in [5.41, 5.74) is 0.800. The average Bonchev–Trinajstić information content (AvgIpc) is 2.77. The number of aryl methyl sites for hydroxylation is 1. The summed E-state index contributed by atoms with van der Waals surface area (Å²) in [6.45, 7) is 1.60. The molecule has 0 atom stereocenters. The summed E-state index contributed by atoms with van der Waals surface area (Å²) in [6.07, 6.45) is 2.52. The molecule has 0 unspecified atom stereocenters. The lowest BCUT2D eigenvalue weighted by Crippen LogP contribution is -2.14. The van der Waals surface area contributed by atoms with Crippen molar-refractivity contribution in [2.45, 2.75) is 11.8 Å². The predicted octanol–water partition coefficient (Wildman–Crippen LogP) is 0.786. The molecule has 2 heterocycles. The first-order valence-electron chi connectivity index (χ1n) is 4.92. The predicted molar refractivity (Wildman–Crippen MR) is 63.1 cm³/mol. The minimum atomic E-state index is -3.71. The number of aromatic nitrogens is 3. The van der Waals surface area contributed by atoms with Crippen LogP contribution < -0.4 is 4.72 Å². The van der Waals surface area contributed by atoms with E-state index in [1.165, 1.54) is 24.5 Å². The first kappa shape index (κ1) is 12.1. The maximum Gasteiger partial charge on any atom is 0.266 e. The fourth-order valence-electron chi connectivity index (χ4n) is 1.32. The molecule has 0 saturated carbocycles. The van der Waals surface area contributed by atoms with Crippen LogP contribution in [0.2, 0.25) is 0 Å². The van der Waals surface area contributed by atoms with Crippen molar-refractivity contribution in [3.05, 3.63) is 35.8 Å². The number of anilines is 1. The summed E-state index contributed by atoms with van der Waals surface area (Å²) in [5, 5.41) is 14.8. The number of rotatable bonds is 3. The summed E-state index contributed by atoms with van der Waals surface area (Å²) >= 11 is 0. The van der Waals surface area contributed by atoms with Crippen molar-refractivity contribution in [3.8, 4) is 6.07 Å². The van der Waals surface area contributed by atoms with Crippen LogP contribution in [0.25, 0.3) is 0 Å². The first-order valence-corrected chi connectivity index (χ1v) is 6.40. The molecule has 2 aromatic heterocycles. The molecule has 2 aromatic rings. The number of nitrogens with zero attached hydrogens (tertiary/aromatic N) is 3. The van der Waals surface area contributed by atoms with Gasteiger partial charge in [-0.3, -0.25) is 9.82 Å². The molecule has 8 heteroatoms. The van der Waals surface area contributed by atoms with E-state index in [0.29, 0.717) is 11.3 Å². The number of pyridine rings is 1. The van der Waals surface area contributed by atoms with Crippen LogP contribution in [0.1, 0.15) is 11.3 Å². The van der Waals surface area contributed by atoms with Crippen molar-refractivity contribution in [2.75, 3.05) is 4.72 Å². The molecule has 92 valence electrons. The normalized spacial score (nSPS) is 10.9. The highest BCUT2D eigenvalue weighted by atomic mass is 32.2. The molecule has 0 aliphatic heterocycles. The minimum absolute atomic E-state index is 0.0636. The third-order valence-corrected chi connectivity index (χ3v) is 3.67. The summed E-state index contributed by atoms with van der Waals surface area (Å²) in [4.78, 5) is 3.89. The van der Waals surface area contributed by atoms with Crippen LogP contribution in [0.4, 0.5) is 5.82 Å². The monoisotopic (exact) mass is 263 g/mol. The molecule has 2 N–H and O–H groups in total. The SMILES string of the molecule is Cc1[nH]ncc1S(=O)(=O)Nc1ccc(C#N)cn1. The Balaban J connectivity index is 2.28. The van der Waals surface area contributed by atoms with Gasteiger partial charge in [0.05, 0.1) is 17.5 Å². The Hall–Kier alpha value is -2.40. The third kappa shape index (κ3) is 2.31. The van der Waals surface area contributed by atoms with Crippen LogP contribution in [0, 0.1) is 18.3 Å². The molecule has 0 bridgehead atoms. The van der Waals surface area contributed by atoms with Gasteiger partial charge in [0.2, 0.25) is 0 Å². The Morgan fingerprint density at radius 1 is 1.39 bits per heavy atom. The lowest BCUT2D eigenvalue weighted by atomic mass is 10.3. The Labute approximate surface area is 104 Å². The smallest absolute Gasteiger partial charge is 0.266 e. The average molecular weight is 263 g/mol. The molecule has 0 aliphatic carbocycles. The second-order valence-electron chi connectivity index (χ2n) is 3.51. The summed E-state index contributed by atoms with van der Waals surface area (Å²) in [5.74, 6) is 0.148. The van der Waals surface area contributed by atoms with Crippen molar-refractivity contribution in [1.29, 1.82) is 5.26 Å².